The maximum absolute atomic E-state index is 11.8. The summed E-state index contributed by atoms with van der Waals surface area (Å²) in [6.07, 6.45) is 5.76. The van der Waals surface area contributed by atoms with E-state index in [1.807, 2.05) is 30.0 Å². The van der Waals surface area contributed by atoms with Crippen molar-refractivity contribution in [3.63, 3.8) is 0 Å². The summed E-state index contributed by atoms with van der Waals surface area (Å²) in [6, 6.07) is 2.25. The van der Waals surface area contributed by atoms with Gasteiger partial charge in [-0.2, -0.15) is 0 Å². The molecule has 1 heterocycles. The van der Waals surface area contributed by atoms with Crippen LogP contribution < -0.4 is 11.1 Å². The van der Waals surface area contributed by atoms with Gasteiger partial charge in [-0.25, -0.2) is 0 Å². The predicted octanol–water partition coefficient (Wildman–Crippen LogP) is 1.81. The Bertz CT molecular complexity index is 353. The number of aromatic nitrogens is 1. The summed E-state index contributed by atoms with van der Waals surface area (Å²) in [7, 11) is 0. The molecule has 0 aromatic carbocycles. The maximum atomic E-state index is 11.8. The molecule has 17 heavy (non-hydrogen) atoms. The first-order valence-electron chi connectivity index (χ1n) is 6.27. The van der Waals surface area contributed by atoms with Crippen molar-refractivity contribution in [2.24, 2.45) is 5.73 Å². The first kappa shape index (κ1) is 13.8. The Morgan fingerprint density at radius 1 is 1.47 bits per heavy atom. The molecule has 1 aromatic heterocycles. The van der Waals surface area contributed by atoms with Crippen molar-refractivity contribution in [3.05, 3.63) is 24.0 Å². The number of nitrogens with two attached hydrogens (primary N) is 1. The van der Waals surface area contributed by atoms with E-state index in [1.54, 1.807) is 0 Å². The zero-order valence-electron chi connectivity index (χ0n) is 10.9. The average Bonchev–Trinajstić information content (AvgIpc) is 2.74. The highest BCUT2D eigenvalue weighted by atomic mass is 16.2. The van der Waals surface area contributed by atoms with Gasteiger partial charge in [0.05, 0.1) is 0 Å². The first-order valence-corrected chi connectivity index (χ1v) is 6.27. The standard InChI is InChI=1S/C13H23N3O/c1-4-12(5-2)15-13(17)9-16-7-6-11(8-16)10(3)14/h6-8,10,12H,4-5,9,14H2,1-3H3,(H,15,17). The second kappa shape index (κ2) is 6.45. The Hall–Kier alpha value is -1.29. The van der Waals surface area contributed by atoms with Gasteiger partial charge >= 0.3 is 0 Å². The van der Waals surface area contributed by atoms with E-state index in [1.165, 1.54) is 0 Å². The lowest BCUT2D eigenvalue weighted by molar-refractivity contribution is -0.122. The lowest BCUT2D eigenvalue weighted by Crippen LogP contribution is -2.35. The fraction of sp³-hybridized carbons (Fsp3) is 0.615. The second-order valence-corrected chi connectivity index (χ2v) is 4.49. The number of hydrogen-bond acceptors (Lipinski definition) is 2. The van der Waals surface area contributed by atoms with Crippen LogP contribution in [-0.2, 0) is 11.3 Å². The van der Waals surface area contributed by atoms with Crippen LogP contribution in [0.15, 0.2) is 18.5 Å². The topological polar surface area (TPSA) is 60.0 Å². The molecule has 4 nitrogen and oxygen atoms in total. The number of amides is 1. The van der Waals surface area contributed by atoms with Crippen LogP contribution in [0.5, 0.6) is 0 Å². The molecular formula is C13H23N3O. The van der Waals surface area contributed by atoms with Crippen LogP contribution in [0.2, 0.25) is 0 Å². The summed E-state index contributed by atoms with van der Waals surface area (Å²) >= 11 is 0. The highest BCUT2D eigenvalue weighted by Gasteiger charge is 2.09. The van der Waals surface area contributed by atoms with Gasteiger partial charge in [0.2, 0.25) is 5.91 Å². The summed E-state index contributed by atoms with van der Waals surface area (Å²) < 4.78 is 1.87. The number of nitrogens with one attached hydrogen (secondary N) is 1. The summed E-state index contributed by atoms with van der Waals surface area (Å²) in [5.41, 5.74) is 6.82. The molecule has 1 amide bonds. The molecule has 0 spiro atoms. The van der Waals surface area contributed by atoms with E-state index in [2.05, 4.69) is 19.2 Å². The van der Waals surface area contributed by atoms with Gasteiger partial charge in [0.25, 0.3) is 0 Å². The van der Waals surface area contributed by atoms with Crippen LogP contribution in [0.4, 0.5) is 0 Å². The molecule has 1 aromatic rings. The quantitative estimate of drug-likeness (QED) is 0.792. The number of carbonyl (C=O) groups excluding carboxylic acids is 1. The first-order chi connectivity index (χ1) is 8.06. The lowest BCUT2D eigenvalue weighted by atomic mass is 10.2. The molecule has 1 atom stereocenters. The fourth-order valence-corrected chi connectivity index (χ4v) is 1.76. The van der Waals surface area contributed by atoms with Crippen molar-refractivity contribution in [3.8, 4) is 0 Å². The summed E-state index contributed by atoms with van der Waals surface area (Å²) in [6.45, 7) is 6.46. The minimum Gasteiger partial charge on any atom is -0.352 e. The molecule has 0 fully saturated rings. The molecule has 3 N–H and O–H groups in total. The van der Waals surface area contributed by atoms with E-state index in [4.69, 9.17) is 5.73 Å². The molecule has 0 saturated heterocycles. The molecule has 0 radical (unpaired) electrons. The van der Waals surface area contributed by atoms with Gasteiger partial charge in [0.15, 0.2) is 0 Å². The molecule has 1 unspecified atom stereocenters. The van der Waals surface area contributed by atoms with Gasteiger partial charge in [-0.3, -0.25) is 4.79 Å². The van der Waals surface area contributed by atoms with Gasteiger partial charge in [-0.05, 0) is 31.4 Å². The average molecular weight is 237 g/mol. The second-order valence-electron chi connectivity index (χ2n) is 4.49. The molecule has 0 bridgehead atoms. The highest BCUT2D eigenvalue weighted by Crippen LogP contribution is 2.09. The van der Waals surface area contributed by atoms with E-state index in [-0.39, 0.29) is 18.0 Å². The molecular weight excluding hydrogens is 214 g/mol. The number of carbonyl (C=O) groups is 1. The van der Waals surface area contributed by atoms with Crippen LogP contribution in [0.3, 0.4) is 0 Å². The molecule has 4 heteroatoms. The third kappa shape index (κ3) is 4.23. The SMILES string of the molecule is CCC(CC)NC(=O)Cn1ccc(C(C)N)c1. The van der Waals surface area contributed by atoms with Crippen molar-refractivity contribution in [2.45, 2.75) is 52.2 Å². The van der Waals surface area contributed by atoms with Crippen molar-refractivity contribution in [1.82, 2.24) is 9.88 Å². The zero-order chi connectivity index (χ0) is 12.8. The normalized spacial score (nSPS) is 12.8. The van der Waals surface area contributed by atoms with Crippen LogP contribution in [-0.4, -0.2) is 16.5 Å². The van der Waals surface area contributed by atoms with Crippen molar-refractivity contribution in [1.29, 1.82) is 0 Å². The Kier molecular flexibility index (Phi) is 5.22. The molecule has 96 valence electrons. The monoisotopic (exact) mass is 237 g/mol. The third-order valence-electron chi connectivity index (χ3n) is 2.98. The molecule has 0 saturated carbocycles. The van der Waals surface area contributed by atoms with E-state index in [0.717, 1.165) is 18.4 Å². The van der Waals surface area contributed by atoms with Crippen LogP contribution >= 0.6 is 0 Å². The van der Waals surface area contributed by atoms with E-state index in [9.17, 15) is 4.79 Å². The van der Waals surface area contributed by atoms with E-state index in [0.29, 0.717) is 6.54 Å². The van der Waals surface area contributed by atoms with Crippen molar-refractivity contribution in [2.75, 3.05) is 0 Å². The third-order valence-corrected chi connectivity index (χ3v) is 2.98. The van der Waals surface area contributed by atoms with Gasteiger partial charge in [-0.1, -0.05) is 13.8 Å². The lowest BCUT2D eigenvalue weighted by Gasteiger charge is -2.14. The van der Waals surface area contributed by atoms with Gasteiger partial charge in [-0.15, -0.1) is 0 Å². The summed E-state index contributed by atoms with van der Waals surface area (Å²) in [5.74, 6) is 0.0607. The fourth-order valence-electron chi connectivity index (χ4n) is 1.76. The minimum absolute atomic E-state index is 0.0124. The molecule has 1 rings (SSSR count). The highest BCUT2D eigenvalue weighted by molar-refractivity contribution is 5.76. The predicted molar refractivity (Wildman–Crippen MR) is 69.5 cm³/mol. The smallest absolute Gasteiger partial charge is 0.240 e. The van der Waals surface area contributed by atoms with Crippen LogP contribution in [0, 0.1) is 0 Å². The van der Waals surface area contributed by atoms with Gasteiger partial charge in [0, 0.05) is 24.5 Å². The van der Waals surface area contributed by atoms with Crippen molar-refractivity contribution >= 4 is 5.91 Å². The van der Waals surface area contributed by atoms with Crippen LogP contribution in [0.25, 0.3) is 0 Å². The number of nitrogens with zero attached hydrogens (tertiary/aromatic N) is 1. The zero-order valence-corrected chi connectivity index (χ0v) is 10.9. The Balaban J connectivity index is 2.50. The minimum atomic E-state index is 0.0124. The van der Waals surface area contributed by atoms with E-state index >= 15 is 0 Å². The molecule has 0 aliphatic rings. The van der Waals surface area contributed by atoms with E-state index < -0.39 is 0 Å². The Labute approximate surface area is 103 Å². The largest absolute Gasteiger partial charge is 0.352 e. The Morgan fingerprint density at radius 2 is 2.12 bits per heavy atom. The van der Waals surface area contributed by atoms with Gasteiger partial charge in [0.1, 0.15) is 6.54 Å². The van der Waals surface area contributed by atoms with Gasteiger partial charge < -0.3 is 15.6 Å². The van der Waals surface area contributed by atoms with Crippen molar-refractivity contribution < 1.29 is 4.79 Å². The summed E-state index contributed by atoms with van der Waals surface area (Å²) in [5, 5.41) is 3.01. The Morgan fingerprint density at radius 3 is 2.59 bits per heavy atom. The molecule has 0 aliphatic carbocycles. The maximum Gasteiger partial charge on any atom is 0.240 e. The van der Waals surface area contributed by atoms with Crippen LogP contribution in [0.1, 0.15) is 45.2 Å². The number of rotatable bonds is 6. The molecule has 0 aliphatic heterocycles. The summed E-state index contributed by atoms with van der Waals surface area (Å²) in [4.78, 5) is 11.8. The number of hydrogen-bond donors (Lipinski definition) is 2.